The SMILES string of the molecule is COc1ccc(Cl)cc1CN(C)CCS. The lowest BCUT2D eigenvalue weighted by Crippen LogP contribution is -2.20. The molecule has 84 valence electrons. The molecule has 2 nitrogen and oxygen atoms in total. The molecule has 0 bridgehead atoms. The summed E-state index contributed by atoms with van der Waals surface area (Å²) in [6.45, 7) is 1.77. The van der Waals surface area contributed by atoms with Crippen LogP contribution in [0.25, 0.3) is 0 Å². The lowest BCUT2D eigenvalue weighted by Gasteiger charge is -2.17. The van der Waals surface area contributed by atoms with E-state index in [1.54, 1.807) is 7.11 Å². The molecule has 1 aromatic rings. The Morgan fingerprint density at radius 3 is 2.80 bits per heavy atom. The standard InChI is InChI=1S/C11H16ClNOS/c1-13(5-6-15)8-9-7-10(12)3-4-11(9)14-2/h3-4,7,15H,5-6,8H2,1-2H3. The number of thiol groups is 1. The lowest BCUT2D eigenvalue weighted by atomic mass is 10.2. The predicted molar refractivity (Wildman–Crippen MR) is 68.2 cm³/mol. The summed E-state index contributed by atoms with van der Waals surface area (Å²) in [6, 6.07) is 5.67. The summed E-state index contributed by atoms with van der Waals surface area (Å²) in [5.74, 6) is 1.73. The van der Waals surface area contributed by atoms with Crippen molar-refractivity contribution >= 4 is 24.2 Å². The monoisotopic (exact) mass is 245 g/mol. The second-order valence-electron chi connectivity index (χ2n) is 3.42. The highest BCUT2D eigenvalue weighted by Crippen LogP contribution is 2.23. The van der Waals surface area contributed by atoms with Crippen LogP contribution in [-0.4, -0.2) is 31.4 Å². The zero-order chi connectivity index (χ0) is 11.3. The topological polar surface area (TPSA) is 12.5 Å². The number of hydrogen-bond donors (Lipinski definition) is 1. The van der Waals surface area contributed by atoms with Crippen LogP contribution in [0.1, 0.15) is 5.56 Å². The molecule has 0 saturated carbocycles. The Morgan fingerprint density at radius 1 is 1.47 bits per heavy atom. The van der Waals surface area contributed by atoms with Crippen molar-refractivity contribution in [3.05, 3.63) is 28.8 Å². The van der Waals surface area contributed by atoms with E-state index < -0.39 is 0 Å². The Balaban J connectivity index is 2.77. The van der Waals surface area contributed by atoms with Gasteiger partial charge in [-0.3, -0.25) is 0 Å². The smallest absolute Gasteiger partial charge is 0.123 e. The van der Waals surface area contributed by atoms with E-state index in [1.807, 2.05) is 18.2 Å². The largest absolute Gasteiger partial charge is 0.496 e. The number of nitrogens with zero attached hydrogens (tertiary/aromatic N) is 1. The van der Waals surface area contributed by atoms with Gasteiger partial charge in [-0.15, -0.1) is 0 Å². The molecule has 0 saturated heterocycles. The first kappa shape index (κ1) is 12.7. The molecule has 0 unspecified atom stereocenters. The Kier molecular flexibility index (Phi) is 5.29. The molecular formula is C11H16ClNOS. The molecular weight excluding hydrogens is 230 g/mol. The van der Waals surface area contributed by atoms with Gasteiger partial charge in [0, 0.05) is 29.4 Å². The van der Waals surface area contributed by atoms with Crippen molar-refractivity contribution in [1.29, 1.82) is 0 Å². The van der Waals surface area contributed by atoms with Gasteiger partial charge in [0.05, 0.1) is 7.11 Å². The number of benzene rings is 1. The molecule has 0 radical (unpaired) electrons. The molecule has 4 heteroatoms. The van der Waals surface area contributed by atoms with E-state index in [9.17, 15) is 0 Å². The summed E-state index contributed by atoms with van der Waals surface area (Å²) in [6.07, 6.45) is 0. The van der Waals surface area contributed by atoms with E-state index in [2.05, 4.69) is 24.6 Å². The van der Waals surface area contributed by atoms with E-state index in [-0.39, 0.29) is 0 Å². The molecule has 0 atom stereocenters. The molecule has 1 aromatic carbocycles. The zero-order valence-corrected chi connectivity index (χ0v) is 10.7. The van der Waals surface area contributed by atoms with Crippen molar-refractivity contribution in [3.63, 3.8) is 0 Å². The summed E-state index contributed by atoms with van der Waals surface area (Å²) in [4.78, 5) is 2.18. The van der Waals surface area contributed by atoms with Crippen molar-refractivity contribution in [2.24, 2.45) is 0 Å². The van der Waals surface area contributed by atoms with Crippen LogP contribution in [0.15, 0.2) is 18.2 Å². The average molecular weight is 246 g/mol. The maximum Gasteiger partial charge on any atom is 0.123 e. The number of halogens is 1. The van der Waals surface area contributed by atoms with Gasteiger partial charge < -0.3 is 9.64 Å². The van der Waals surface area contributed by atoms with Gasteiger partial charge in [-0.1, -0.05) is 11.6 Å². The van der Waals surface area contributed by atoms with Crippen molar-refractivity contribution in [3.8, 4) is 5.75 Å². The van der Waals surface area contributed by atoms with Crippen LogP contribution in [0.4, 0.5) is 0 Å². The second kappa shape index (κ2) is 6.26. The fourth-order valence-corrected chi connectivity index (χ4v) is 1.95. The van der Waals surface area contributed by atoms with E-state index >= 15 is 0 Å². The summed E-state index contributed by atoms with van der Waals surface area (Å²) in [5.41, 5.74) is 1.11. The van der Waals surface area contributed by atoms with Crippen LogP contribution < -0.4 is 4.74 Å². The third-order valence-corrected chi connectivity index (χ3v) is 2.60. The highest BCUT2D eigenvalue weighted by molar-refractivity contribution is 7.80. The molecule has 0 fully saturated rings. The Bertz CT molecular complexity index is 319. The molecule has 0 N–H and O–H groups in total. The molecule has 0 aliphatic rings. The Labute approximate surface area is 102 Å². The van der Waals surface area contributed by atoms with Crippen molar-refractivity contribution in [2.75, 3.05) is 26.5 Å². The van der Waals surface area contributed by atoms with Crippen LogP contribution in [-0.2, 0) is 6.54 Å². The molecule has 0 amide bonds. The quantitative estimate of drug-likeness (QED) is 0.801. The molecule has 0 aliphatic heterocycles. The van der Waals surface area contributed by atoms with Gasteiger partial charge in [0.2, 0.25) is 0 Å². The highest BCUT2D eigenvalue weighted by Gasteiger charge is 2.06. The summed E-state index contributed by atoms with van der Waals surface area (Å²) in [5, 5.41) is 0.741. The van der Waals surface area contributed by atoms with Gasteiger partial charge in [0.1, 0.15) is 5.75 Å². The first-order chi connectivity index (χ1) is 7.17. The maximum absolute atomic E-state index is 5.95. The van der Waals surface area contributed by atoms with Crippen molar-refractivity contribution in [2.45, 2.75) is 6.54 Å². The van der Waals surface area contributed by atoms with Gasteiger partial charge in [-0.05, 0) is 25.2 Å². The Hall–Kier alpha value is -0.380. The Morgan fingerprint density at radius 2 is 2.20 bits per heavy atom. The van der Waals surface area contributed by atoms with E-state index in [0.29, 0.717) is 0 Å². The van der Waals surface area contributed by atoms with Gasteiger partial charge >= 0.3 is 0 Å². The predicted octanol–water partition coefficient (Wildman–Crippen LogP) is 2.71. The number of rotatable bonds is 5. The number of methoxy groups -OCH3 is 1. The first-order valence-electron chi connectivity index (χ1n) is 4.79. The van der Waals surface area contributed by atoms with Crippen molar-refractivity contribution in [1.82, 2.24) is 4.90 Å². The van der Waals surface area contributed by atoms with Gasteiger partial charge in [0.15, 0.2) is 0 Å². The fraction of sp³-hybridized carbons (Fsp3) is 0.455. The minimum Gasteiger partial charge on any atom is -0.496 e. The van der Waals surface area contributed by atoms with Crippen LogP contribution in [0.5, 0.6) is 5.75 Å². The zero-order valence-electron chi connectivity index (χ0n) is 9.03. The van der Waals surface area contributed by atoms with Crippen LogP contribution in [0, 0.1) is 0 Å². The van der Waals surface area contributed by atoms with Crippen molar-refractivity contribution < 1.29 is 4.74 Å². The molecule has 15 heavy (non-hydrogen) atoms. The molecule has 0 spiro atoms. The van der Waals surface area contributed by atoms with E-state index in [1.165, 1.54) is 0 Å². The molecule has 1 rings (SSSR count). The minimum absolute atomic E-state index is 0.741. The van der Waals surface area contributed by atoms with E-state index in [0.717, 1.165) is 35.2 Å². The van der Waals surface area contributed by atoms with Gasteiger partial charge in [-0.25, -0.2) is 0 Å². The summed E-state index contributed by atoms with van der Waals surface area (Å²) in [7, 11) is 3.72. The minimum atomic E-state index is 0.741. The summed E-state index contributed by atoms with van der Waals surface area (Å²) < 4.78 is 5.27. The fourth-order valence-electron chi connectivity index (χ4n) is 1.41. The third kappa shape index (κ3) is 3.93. The first-order valence-corrected chi connectivity index (χ1v) is 5.80. The van der Waals surface area contributed by atoms with Crippen LogP contribution in [0.2, 0.25) is 5.02 Å². The molecule has 0 aliphatic carbocycles. The summed E-state index contributed by atoms with van der Waals surface area (Å²) >= 11 is 10.1. The average Bonchev–Trinajstić information content (AvgIpc) is 2.18. The molecule has 0 heterocycles. The van der Waals surface area contributed by atoms with E-state index in [4.69, 9.17) is 16.3 Å². The maximum atomic E-state index is 5.95. The lowest BCUT2D eigenvalue weighted by molar-refractivity contribution is 0.335. The normalized spacial score (nSPS) is 10.7. The number of ether oxygens (including phenoxy) is 1. The van der Waals surface area contributed by atoms with Gasteiger partial charge in [0.25, 0.3) is 0 Å². The van der Waals surface area contributed by atoms with Crippen LogP contribution >= 0.6 is 24.2 Å². The highest BCUT2D eigenvalue weighted by atomic mass is 35.5. The third-order valence-electron chi connectivity index (χ3n) is 2.16. The second-order valence-corrected chi connectivity index (χ2v) is 4.30. The van der Waals surface area contributed by atoms with Gasteiger partial charge in [-0.2, -0.15) is 12.6 Å². The molecule has 0 aromatic heterocycles. The van der Waals surface area contributed by atoms with Crippen LogP contribution in [0.3, 0.4) is 0 Å². The number of hydrogen-bond acceptors (Lipinski definition) is 3.